The van der Waals surface area contributed by atoms with E-state index in [0.29, 0.717) is 5.92 Å². The molecule has 0 spiro atoms. The molecule has 2 aromatic carbocycles. The van der Waals surface area contributed by atoms with Crippen LogP contribution in [0.2, 0.25) is 0 Å². The summed E-state index contributed by atoms with van der Waals surface area (Å²) in [5, 5.41) is 0. The Kier molecular flexibility index (Phi) is 3.03. The predicted molar refractivity (Wildman–Crippen MR) is 90.0 cm³/mol. The maximum Gasteiger partial charge on any atom is 0.00176 e. The Labute approximate surface area is 126 Å². The van der Waals surface area contributed by atoms with Crippen molar-refractivity contribution in [1.82, 2.24) is 0 Å². The monoisotopic (exact) mass is 272 g/mol. The molecule has 0 heteroatoms. The molecule has 4 rings (SSSR count). The number of allylic oxidation sites excluding steroid dienone is 2. The Balaban J connectivity index is 1.64. The summed E-state index contributed by atoms with van der Waals surface area (Å²) in [4.78, 5) is 0. The zero-order valence-electron chi connectivity index (χ0n) is 12.5. The summed E-state index contributed by atoms with van der Waals surface area (Å²) in [5.74, 6) is 0.602. The van der Waals surface area contributed by atoms with Gasteiger partial charge in [-0.1, -0.05) is 78.8 Å². The molecule has 2 aliphatic carbocycles. The summed E-state index contributed by atoms with van der Waals surface area (Å²) in [6.07, 6.45) is 8.30. The highest BCUT2D eigenvalue weighted by Crippen LogP contribution is 2.39. The van der Waals surface area contributed by atoms with E-state index in [4.69, 9.17) is 0 Å². The third-order valence-electron chi connectivity index (χ3n) is 4.88. The van der Waals surface area contributed by atoms with Crippen LogP contribution >= 0.6 is 0 Å². The van der Waals surface area contributed by atoms with Crippen LogP contribution in [-0.2, 0) is 12.8 Å². The van der Waals surface area contributed by atoms with E-state index >= 15 is 0 Å². The molecule has 104 valence electrons. The highest BCUT2D eigenvalue weighted by atomic mass is 14.3. The van der Waals surface area contributed by atoms with Crippen molar-refractivity contribution in [2.75, 3.05) is 0 Å². The lowest BCUT2D eigenvalue weighted by atomic mass is 9.86. The summed E-state index contributed by atoms with van der Waals surface area (Å²) in [7, 11) is 0. The lowest BCUT2D eigenvalue weighted by Gasteiger charge is -2.18. The van der Waals surface area contributed by atoms with Crippen molar-refractivity contribution in [3.8, 4) is 0 Å². The molecule has 21 heavy (non-hydrogen) atoms. The SMILES string of the molecule is CCC(C1=Cc2ccccc2C1)C1=Cc2ccccc2C1. The third kappa shape index (κ3) is 2.15. The molecule has 2 aliphatic rings. The molecule has 0 heterocycles. The first kappa shape index (κ1) is 12.6. The first-order valence-corrected chi connectivity index (χ1v) is 7.92. The molecule has 0 saturated heterocycles. The van der Waals surface area contributed by atoms with E-state index in [1.165, 1.54) is 28.7 Å². The van der Waals surface area contributed by atoms with Crippen LogP contribution < -0.4 is 0 Å². The zero-order chi connectivity index (χ0) is 14.2. The minimum absolute atomic E-state index is 0.602. The fraction of sp³-hybridized carbons (Fsp3) is 0.238. The smallest absolute Gasteiger partial charge is 0.00176 e. The van der Waals surface area contributed by atoms with Gasteiger partial charge in [0.1, 0.15) is 0 Å². The number of benzene rings is 2. The first-order chi connectivity index (χ1) is 10.3. The van der Waals surface area contributed by atoms with Crippen LogP contribution in [0.5, 0.6) is 0 Å². The minimum atomic E-state index is 0.602. The van der Waals surface area contributed by atoms with Crippen LogP contribution in [0.3, 0.4) is 0 Å². The van der Waals surface area contributed by atoms with Gasteiger partial charge < -0.3 is 0 Å². The van der Waals surface area contributed by atoms with Gasteiger partial charge in [0.05, 0.1) is 0 Å². The molecule has 0 atom stereocenters. The highest BCUT2D eigenvalue weighted by molar-refractivity contribution is 5.69. The van der Waals surface area contributed by atoms with Crippen LogP contribution in [-0.4, -0.2) is 0 Å². The van der Waals surface area contributed by atoms with Crippen LogP contribution in [0, 0.1) is 5.92 Å². The standard InChI is InChI=1S/C21H20/c1-2-21(19-11-15-7-3-4-8-16(15)12-19)20-13-17-9-5-6-10-18(17)14-20/h3-11,13,21H,2,12,14H2,1H3. The number of rotatable bonds is 3. The molecular weight excluding hydrogens is 252 g/mol. The van der Waals surface area contributed by atoms with E-state index in [1.807, 2.05) is 0 Å². The average molecular weight is 272 g/mol. The molecule has 0 saturated carbocycles. The van der Waals surface area contributed by atoms with E-state index in [9.17, 15) is 0 Å². The van der Waals surface area contributed by atoms with Crippen molar-refractivity contribution < 1.29 is 0 Å². The van der Waals surface area contributed by atoms with Gasteiger partial charge in [-0.2, -0.15) is 0 Å². The van der Waals surface area contributed by atoms with Crippen molar-refractivity contribution in [2.24, 2.45) is 5.92 Å². The number of hydrogen-bond donors (Lipinski definition) is 0. The van der Waals surface area contributed by atoms with Crippen LogP contribution in [0.4, 0.5) is 0 Å². The minimum Gasteiger partial charge on any atom is -0.0645 e. The largest absolute Gasteiger partial charge is 0.0645 e. The molecule has 0 aromatic heterocycles. The van der Waals surface area contributed by atoms with Gasteiger partial charge in [-0.25, -0.2) is 0 Å². The normalized spacial score (nSPS) is 15.7. The van der Waals surface area contributed by atoms with Gasteiger partial charge in [-0.15, -0.1) is 0 Å². The van der Waals surface area contributed by atoms with E-state index < -0.39 is 0 Å². The van der Waals surface area contributed by atoms with E-state index in [0.717, 1.165) is 12.8 Å². The molecule has 0 amide bonds. The van der Waals surface area contributed by atoms with Crippen molar-refractivity contribution in [2.45, 2.75) is 26.2 Å². The van der Waals surface area contributed by atoms with Gasteiger partial charge in [-0.3, -0.25) is 0 Å². The van der Waals surface area contributed by atoms with Gasteiger partial charge in [0.2, 0.25) is 0 Å². The summed E-state index contributed by atoms with van der Waals surface area (Å²) >= 11 is 0. The summed E-state index contributed by atoms with van der Waals surface area (Å²) in [6, 6.07) is 17.6. The number of hydrogen-bond acceptors (Lipinski definition) is 0. The first-order valence-electron chi connectivity index (χ1n) is 7.92. The van der Waals surface area contributed by atoms with Crippen molar-refractivity contribution >= 4 is 12.2 Å². The Morgan fingerprint density at radius 1 is 0.762 bits per heavy atom. The lowest BCUT2D eigenvalue weighted by Crippen LogP contribution is -2.07. The summed E-state index contributed by atoms with van der Waals surface area (Å²) in [5.41, 5.74) is 9.00. The van der Waals surface area contributed by atoms with Gasteiger partial charge in [-0.05, 0) is 41.5 Å². The maximum absolute atomic E-state index is 2.42. The van der Waals surface area contributed by atoms with Gasteiger partial charge in [0.15, 0.2) is 0 Å². The molecule has 0 aliphatic heterocycles. The molecular formula is C21H20. The second-order valence-electron chi connectivity index (χ2n) is 6.15. The zero-order valence-corrected chi connectivity index (χ0v) is 12.5. The summed E-state index contributed by atoms with van der Waals surface area (Å²) < 4.78 is 0. The Hall–Kier alpha value is -2.08. The number of fused-ring (bicyclic) bond motifs is 2. The molecule has 0 bridgehead atoms. The van der Waals surface area contributed by atoms with Gasteiger partial charge in [0, 0.05) is 5.92 Å². The Morgan fingerprint density at radius 3 is 1.67 bits per heavy atom. The van der Waals surface area contributed by atoms with Crippen molar-refractivity contribution in [3.05, 3.63) is 81.9 Å². The molecule has 0 fully saturated rings. The third-order valence-corrected chi connectivity index (χ3v) is 4.88. The van der Waals surface area contributed by atoms with E-state index in [2.05, 4.69) is 67.6 Å². The predicted octanol–water partition coefficient (Wildman–Crippen LogP) is 5.29. The van der Waals surface area contributed by atoms with Crippen LogP contribution in [0.25, 0.3) is 12.2 Å². The maximum atomic E-state index is 2.42. The molecule has 0 radical (unpaired) electrons. The van der Waals surface area contributed by atoms with E-state index in [-0.39, 0.29) is 0 Å². The Morgan fingerprint density at radius 2 is 1.24 bits per heavy atom. The molecule has 2 aromatic rings. The van der Waals surface area contributed by atoms with Crippen LogP contribution in [0.15, 0.2) is 59.7 Å². The average Bonchev–Trinajstić information content (AvgIpc) is 3.11. The quantitative estimate of drug-likeness (QED) is 0.712. The topological polar surface area (TPSA) is 0 Å². The fourth-order valence-corrected chi connectivity index (χ4v) is 3.82. The van der Waals surface area contributed by atoms with Crippen LogP contribution in [0.1, 0.15) is 35.6 Å². The Bertz CT molecular complexity index is 683. The summed E-state index contributed by atoms with van der Waals surface area (Å²) in [6.45, 7) is 2.32. The fourth-order valence-electron chi connectivity index (χ4n) is 3.82. The second-order valence-corrected chi connectivity index (χ2v) is 6.15. The second kappa shape index (κ2) is 5.04. The molecule has 0 unspecified atom stereocenters. The van der Waals surface area contributed by atoms with Crippen molar-refractivity contribution in [3.63, 3.8) is 0 Å². The van der Waals surface area contributed by atoms with Crippen molar-refractivity contribution in [1.29, 1.82) is 0 Å². The highest BCUT2D eigenvalue weighted by Gasteiger charge is 2.25. The van der Waals surface area contributed by atoms with Gasteiger partial charge >= 0.3 is 0 Å². The lowest BCUT2D eigenvalue weighted by molar-refractivity contribution is 0.667. The van der Waals surface area contributed by atoms with Gasteiger partial charge in [0.25, 0.3) is 0 Å². The molecule has 0 N–H and O–H groups in total. The van der Waals surface area contributed by atoms with E-state index in [1.54, 1.807) is 11.1 Å². The molecule has 0 nitrogen and oxygen atoms in total.